The van der Waals surface area contributed by atoms with Crippen molar-refractivity contribution < 1.29 is 31.9 Å². The lowest BCUT2D eigenvalue weighted by Crippen LogP contribution is -2.52. The number of amides is 2. The third-order valence-corrected chi connectivity index (χ3v) is 11.9. The van der Waals surface area contributed by atoms with Gasteiger partial charge in [0.15, 0.2) is 11.5 Å². The van der Waals surface area contributed by atoms with Crippen molar-refractivity contribution in [3.63, 3.8) is 0 Å². The van der Waals surface area contributed by atoms with Crippen molar-refractivity contribution >= 4 is 28.5 Å². The van der Waals surface area contributed by atoms with Gasteiger partial charge in [-0.2, -0.15) is 23.3 Å². The van der Waals surface area contributed by atoms with Crippen molar-refractivity contribution in [2.75, 3.05) is 44.7 Å². The number of ether oxygens (including phenoxy) is 1. The van der Waals surface area contributed by atoms with Gasteiger partial charge in [0.1, 0.15) is 36.4 Å². The summed E-state index contributed by atoms with van der Waals surface area (Å²) in [7, 11) is 1.49. The molecule has 0 atom stereocenters. The quantitative estimate of drug-likeness (QED) is 0.122. The number of hydrogen-bond acceptors (Lipinski definition) is 12. The molecule has 2 amide bonds. The van der Waals surface area contributed by atoms with E-state index in [1.165, 1.54) is 41.4 Å². The third-order valence-electron chi connectivity index (χ3n) is 11.9. The van der Waals surface area contributed by atoms with Crippen LogP contribution in [0, 0.1) is 5.82 Å². The standard InChI is InChI=1S/C47H44F4N12O4/c1-27(2)63-23-37(47(49,50)51)56-42(63)31-11-8-28(9-12-31)22-62(46-55-26-53-41(57-46)39-40(30-13-14-30)52-25-54-44(39)67-3)24-38(64)60-16-18-61(19-17-60)45(66)34-20-29(10-15-35(34)48)21-36-32-6-4-5-7-33(32)43(65)59-58-36/h4-12,15,20,23,25-27,30H,13-14,16-19,21-22,24H2,1-3H3,(H,59,65). The maximum absolute atomic E-state index is 15.3. The van der Waals surface area contributed by atoms with Crippen molar-refractivity contribution in [1.82, 2.24) is 54.5 Å². The molecule has 67 heavy (non-hydrogen) atoms. The minimum absolute atomic E-state index is 0.109. The molecule has 20 heteroatoms. The number of nitrogens with zero attached hydrogens (tertiary/aromatic N) is 11. The number of carbonyl (C=O) groups is 2. The van der Waals surface area contributed by atoms with Crippen LogP contribution in [0.15, 0.2) is 90.4 Å². The number of benzene rings is 3. The lowest BCUT2D eigenvalue weighted by Gasteiger charge is -2.36. The van der Waals surface area contributed by atoms with Crippen LogP contribution in [0.1, 0.15) is 77.2 Å². The molecule has 344 valence electrons. The zero-order valence-electron chi connectivity index (χ0n) is 36.7. The number of aromatic amines is 1. The number of nitrogens with one attached hydrogen (secondary N) is 1. The molecule has 1 aliphatic carbocycles. The van der Waals surface area contributed by atoms with Crippen LogP contribution in [0.25, 0.3) is 33.5 Å². The maximum Gasteiger partial charge on any atom is 0.434 e. The van der Waals surface area contributed by atoms with E-state index in [2.05, 4.69) is 35.1 Å². The second kappa shape index (κ2) is 18.3. The smallest absolute Gasteiger partial charge is 0.434 e. The van der Waals surface area contributed by atoms with E-state index in [-0.39, 0.29) is 92.3 Å². The van der Waals surface area contributed by atoms with Crippen LogP contribution in [0.5, 0.6) is 5.88 Å². The minimum Gasteiger partial charge on any atom is -0.480 e. The first kappa shape index (κ1) is 44.6. The number of halogens is 4. The van der Waals surface area contributed by atoms with Crippen molar-refractivity contribution in [3.8, 4) is 28.7 Å². The Balaban J connectivity index is 0.942. The molecule has 0 radical (unpaired) electrons. The number of imidazole rings is 1. The fourth-order valence-corrected chi connectivity index (χ4v) is 8.23. The van der Waals surface area contributed by atoms with Gasteiger partial charge in [-0.3, -0.25) is 14.4 Å². The summed E-state index contributed by atoms with van der Waals surface area (Å²) in [6.45, 7) is 4.06. The van der Waals surface area contributed by atoms with Gasteiger partial charge < -0.3 is 24.0 Å². The molecule has 0 bridgehead atoms. The van der Waals surface area contributed by atoms with Crippen molar-refractivity contribution in [1.29, 1.82) is 0 Å². The monoisotopic (exact) mass is 916 g/mol. The van der Waals surface area contributed by atoms with Crippen molar-refractivity contribution in [3.05, 3.63) is 136 Å². The Bertz CT molecular complexity index is 3040. The van der Waals surface area contributed by atoms with Gasteiger partial charge in [-0.15, -0.1) is 0 Å². The Morgan fingerprint density at radius 2 is 1.58 bits per heavy atom. The van der Waals surface area contributed by atoms with Crippen molar-refractivity contribution in [2.24, 2.45) is 0 Å². The molecule has 16 nitrogen and oxygen atoms in total. The first-order valence-corrected chi connectivity index (χ1v) is 21.7. The van der Waals surface area contributed by atoms with E-state index in [4.69, 9.17) is 9.72 Å². The Labute approximate surface area is 380 Å². The van der Waals surface area contributed by atoms with E-state index >= 15 is 4.39 Å². The number of piperazine rings is 1. The zero-order valence-corrected chi connectivity index (χ0v) is 36.7. The molecule has 2 fully saturated rings. The molecule has 3 aromatic carbocycles. The maximum atomic E-state index is 15.3. The highest BCUT2D eigenvalue weighted by molar-refractivity contribution is 5.95. The first-order chi connectivity index (χ1) is 32.2. The molecule has 7 aromatic rings. The molecule has 1 saturated carbocycles. The number of aromatic nitrogens is 9. The molecule has 1 N–H and O–H groups in total. The van der Waals surface area contributed by atoms with Crippen LogP contribution < -0.4 is 15.2 Å². The molecule has 4 aromatic heterocycles. The summed E-state index contributed by atoms with van der Waals surface area (Å²) in [6, 6.07) is 17.9. The Morgan fingerprint density at radius 1 is 0.881 bits per heavy atom. The highest BCUT2D eigenvalue weighted by atomic mass is 19.4. The van der Waals surface area contributed by atoms with Crippen molar-refractivity contribution in [2.45, 2.75) is 57.8 Å². The molecular formula is C47H44F4N12O4. The van der Waals surface area contributed by atoms with Crippen LogP contribution in [0.3, 0.4) is 0 Å². The van der Waals surface area contributed by atoms with Crippen LogP contribution in [0.2, 0.25) is 0 Å². The highest BCUT2D eigenvalue weighted by Gasteiger charge is 2.36. The largest absolute Gasteiger partial charge is 0.480 e. The van der Waals surface area contributed by atoms with Crippen LogP contribution in [0.4, 0.5) is 23.5 Å². The molecule has 1 aliphatic heterocycles. The molecule has 0 unspecified atom stereocenters. The fraction of sp³-hybridized carbons (Fsp3) is 0.319. The van der Waals surface area contributed by atoms with E-state index in [0.717, 1.165) is 24.7 Å². The second-order valence-electron chi connectivity index (χ2n) is 16.7. The van der Waals surface area contributed by atoms with E-state index in [9.17, 15) is 27.6 Å². The second-order valence-corrected chi connectivity index (χ2v) is 16.7. The molecule has 1 saturated heterocycles. The molecule has 5 heterocycles. The topological polar surface area (TPSA) is 181 Å². The lowest BCUT2D eigenvalue weighted by atomic mass is 10.0. The number of methoxy groups -OCH3 is 1. The number of rotatable bonds is 13. The summed E-state index contributed by atoms with van der Waals surface area (Å²) in [6.07, 6.45) is 1.27. The number of fused-ring (bicyclic) bond motifs is 1. The Morgan fingerprint density at radius 3 is 2.28 bits per heavy atom. The molecule has 0 spiro atoms. The summed E-state index contributed by atoms with van der Waals surface area (Å²) in [5, 5.41) is 7.85. The third kappa shape index (κ3) is 9.41. The number of hydrogen-bond donors (Lipinski definition) is 1. The highest BCUT2D eigenvalue weighted by Crippen LogP contribution is 2.45. The average Bonchev–Trinajstić information content (AvgIpc) is 4.08. The lowest BCUT2D eigenvalue weighted by molar-refractivity contribution is -0.141. The molecule has 2 aliphatic rings. The Hall–Kier alpha value is -7.64. The molecule has 9 rings (SSSR count). The summed E-state index contributed by atoms with van der Waals surface area (Å²) in [4.78, 5) is 71.6. The van der Waals surface area contributed by atoms with Gasteiger partial charge in [0.05, 0.1) is 29.4 Å². The summed E-state index contributed by atoms with van der Waals surface area (Å²) < 4.78 is 63.4. The van der Waals surface area contributed by atoms with E-state index < -0.39 is 23.6 Å². The van der Waals surface area contributed by atoms with Crippen LogP contribution in [-0.4, -0.2) is 106 Å². The van der Waals surface area contributed by atoms with Crippen LogP contribution in [-0.2, 0) is 23.9 Å². The predicted molar refractivity (Wildman–Crippen MR) is 238 cm³/mol. The van der Waals surface area contributed by atoms with Gasteiger partial charge in [0, 0.05) is 68.3 Å². The Kier molecular flexibility index (Phi) is 12.2. The van der Waals surface area contributed by atoms with Gasteiger partial charge in [-0.05, 0) is 56.0 Å². The van der Waals surface area contributed by atoms with E-state index in [1.807, 2.05) is 0 Å². The van der Waals surface area contributed by atoms with Gasteiger partial charge >= 0.3 is 6.18 Å². The zero-order chi connectivity index (χ0) is 47.0. The van der Waals surface area contributed by atoms with Gasteiger partial charge in [0.25, 0.3) is 11.5 Å². The average molecular weight is 917 g/mol. The van der Waals surface area contributed by atoms with Gasteiger partial charge in [0.2, 0.25) is 17.7 Å². The summed E-state index contributed by atoms with van der Waals surface area (Å²) >= 11 is 0. The number of anilines is 1. The normalized spacial score (nSPS) is 14.2. The van der Waals surface area contributed by atoms with Gasteiger partial charge in [-0.1, -0.05) is 48.5 Å². The summed E-state index contributed by atoms with van der Waals surface area (Å²) in [5.74, 6) is -0.445. The summed E-state index contributed by atoms with van der Waals surface area (Å²) in [5.41, 5.74) is 2.20. The fourth-order valence-electron chi connectivity index (χ4n) is 8.23. The van der Waals surface area contributed by atoms with Gasteiger partial charge in [-0.25, -0.2) is 34.4 Å². The molecular weight excluding hydrogens is 873 g/mol. The first-order valence-electron chi connectivity index (χ1n) is 21.7. The predicted octanol–water partition coefficient (Wildman–Crippen LogP) is 6.64. The number of carbonyl (C=O) groups excluding carboxylic acids is 2. The SMILES string of the molecule is COc1ncnc(C2CC2)c1-c1ncnc(N(CC(=O)N2CCN(C(=O)c3cc(Cc4n[nH]c(=O)c5ccccc45)ccc3F)CC2)Cc2ccc(-c3nc(C(F)(F)F)cn3C(C)C)cc2)n1. The van der Waals surface area contributed by atoms with E-state index in [0.29, 0.717) is 44.6 Å². The number of H-pyrrole nitrogens is 1. The minimum atomic E-state index is -4.62. The number of alkyl halides is 3. The van der Waals surface area contributed by atoms with E-state index in [1.54, 1.807) is 78.2 Å². The van der Waals surface area contributed by atoms with Crippen LogP contribution >= 0.6 is 0 Å².